The van der Waals surface area contributed by atoms with E-state index in [2.05, 4.69) is 0 Å². The zero-order chi connectivity index (χ0) is 10.1. The predicted octanol–water partition coefficient (Wildman–Crippen LogP) is 1.71. The molecule has 0 saturated carbocycles. The fraction of sp³-hybridized carbons (Fsp3) is 0.800. The van der Waals surface area contributed by atoms with Gasteiger partial charge in [-0.25, -0.2) is 0 Å². The number of aliphatic hydroxyl groups excluding tert-OH is 1. The lowest BCUT2D eigenvalue weighted by atomic mass is 10.1. The molecular weight excluding hydrogens is 168 g/mol. The van der Waals surface area contributed by atoms with Crippen molar-refractivity contribution < 1.29 is 14.6 Å². The third kappa shape index (κ3) is 5.66. The van der Waals surface area contributed by atoms with Crippen LogP contribution in [0.5, 0.6) is 0 Å². The summed E-state index contributed by atoms with van der Waals surface area (Å²) in [6.07, 6.45) is 4.49. The average Bonchev–Trinajstić information content (AvgIpc) is 2.17. The lowest BCUT2D eigenvalue weighted by Gasteiger charge is -2.12. The molecule has 1 atom stereocenters. The quantitative estimate of drug-likeness (QED) is 0.618. The first-order valence-electron chi connectivity index (χ1n) is 4.65. The zero-order valence-electron chi connectivity index (χ0n) is 8.75. The van der Waals surface area contributed by atoms with Gasteiger partial charge < -0.3 is 14.6 Å². The van der Waals surface area contributed by atoms with Crippen LogP contribution in [0.1, 0.15) is 26.2 Å². The largest absolute Gasteiger partial charge is 0.501 e. The molecule has 0 heterocycles. The van der Waals surface area contributed by atoms with Gasteiger partial charge in [0, 0.05) is 20.1 Å². The highest BCUT2D eigenvalue weighted by Gasteiger charge is 2.04. The van der Waals surface area contributed by atoms with Crippen molar-refractivity contribution >= 4 is 0 Å². The van der Waals surface area contributed by atoms with E-state index in [-0.39, 0.29) is 12.7 Å². The normalized spacial score (nSPS) is 14.3. The van der Waals surface area contributed by atoms with E-state index in [1.807, 2.05) is 13.0 Å². The Bertz CT molecular complexity index is 137. The lowest BCUT2D eigenvalue weighted by molar-refractivity contribution is 0.0790. The fourth-order valence-corrected chi connectivity index (χ4v) is 1.11. The van der Waals surface area contributed by atoms with E-state index >= 15 is 0 Å². The van der Waals surface area contributed by atoms with E-state index in [0.717, 1.165) is 18.6 Å². The molecule has 3 heteroatoms. The van der Waals surface area contributed by atoms with Crippen LogP contribution in [-0.4, -0.2) is 32.0 Å². The van der Waals surface area contributed by atoms with E-state index in [0.29, 0.717) is 6.42 Å². The van der Waals surface area contributed by atoms with Gasteiger partial charge in [0.05, 0.1) is 19.0 Å². The van der Waals surface area contributed by atoms with E-state index in [1.165, 1.54) is 0 Å². The third-order valence-electron chi connectivity index (χ3n) is 2.00. The highest BCUT2D eigenvalue weighted by Crippen LogP contribution is 2.08. The summed E-state index contributed by atoms with van der Waals surface area (Å²) in [5.41, 5.74) is 0. The van der Waals surface area contributed by atoms with Gasteiger partial charge in [-0.1, -0.05) is 6.92 Å². The molecule has 13 heavy (non-hydrogen) atoms. The summed E-state index contributed by atoms with van der Waals surface area (Å²) in [6, 6.07) is 0. The molecule has 0 aliphatic heterocycles. The summed E-state index contributed by atoms with van der Waals surface area (Å²) >= 11 is 0. The van der Waals surface area contributed by atoms with Crippen molar-refractivity contribution in [2.24, 2.45) is 0 Å². The van der Waals surface area contributed by atoms with Gasteiger partial charge in [-0.2, -0.15) is 0 Å². The van der Waals surface area contributed by atoms with Gasteiger partial charge in [-0.3, -0.25) is 0 Å². The van der Waals surface area contributed by atoms with Gasteiger partial charge in [0.15, 0.2) is 0 Å². The highest BCUT2D eigenvalue weighted by atomic mass is 16.5. The monoisotopic (exact) mass is 188 g/mol. The molecule has 0 aliphatic rings. The molecule has 0 aromatic rings. The maximum atomic E-state index is 8.72. The smallest absolute Gasteiger partial charge is 0.0913 e. The molecule has 0 rings (SSSR count). The van der Waals surface area contributed by atoms with Crippen LogP contribution in [0.25, 0.3) is 0 Å². The van der Waals surface area contributed by atoms with Crippen molar-refractivity contribution in [3.8, 4) is 0 Å². The summed E-state index contributed by atoms with van der Waals surface area (Å²) < 4.78 is 10.3. The lowest BCUT2D eigenvalue weighted by Crippen LogP contribution is -2.11. The van der Waals surface area contributed by atoms with Crippen molar-refractivity contribution in [1.82, 2.24) is 0 Å². The maximum absolute atomic E-state index is 8.72. The Morgan fingerprint density at radius 1 is 1.46 bits per heavy atom. The van der Waals surface area contributed by atoms with Gasteiger partial charge in [-0.15, -0.1) is 0 Å². The van der Waals surface area contributed by atoms with E-state index in [1.54, 1.807) is 14.2 Å². The SMILES string of the molecule is CC/C(=C\C[C@H](CCO)OC)OC. The number of rotatable bonds is 7. The van der Waals surface area contributed by atoms with Gasteiger partial charge in [0.2, 0.25) is 0 Å². The molecule has 0 aliphatic carbocycles. The van der Waals surface area contributed by atoms with Crippen molar-refractivity contribution in [3.05, 3.63) is 11.8 Å². The van der Waals surface area contributed by atoms with Crippen molar-refractivity contribution in [3.63, 3.8) is 0 Å². The van der Waals surface area contributed by atoms with Gasteiger partial charge >= 0.3 is 0 Å². The maximum Gasteiger partial charge on any atom is 0.0913 e. The minimum Gasteiger partial charge on any atom is -0.501 e. The van der Waals surface area contributed by atoms with Crippen LogP contribution in [0.15, 0.2) is 11.8 Å². The van der Waals surface area contributed by atoms with Crippen LogP contribution in [0, 0.1) is 0 Å². The summed E-state index contributed by atoms with van der Waals surface area (Å²) in [4.78, 5) is 0. The first-order valence-corrected chi connectivity index (χ1v) is 4.65. The van der Waals surface area contributed by atoms with Crippen LogP contribution in [0.3, 0.4) is 0 Å². The molecule has 0 amide bonds. The summed E-state index contributed by atoms with van der Waals surface area (Å²) in [7, 11) is 3.33. The number of hydrogen-bond donors (Lipinski definition) is 1. The van der Waals surface area contributed by atoms with Crippen LogP contribution < -0.4 is 0 Å². The Morgan fingerprint density at radius 2 is 2.15 bits per heavy atom. The Hall–Kier alpha value is -0.540. The Balaban J connectivity index is 3.86. The molecule has 78 valence electrons. The molecule has 1 N–H and O–H groups in total. The second-order valence-corrected chi connectivity index (χ2v) is 2.83. The van der Waals surface area contributed by atoms with Crippen molar-refractivity contribution in [1.29, 1.82) is 0 Å². The third-order valence-corrected chi connectivity index (χ3v) is 2.00. The van der Waals surface area contributed by atoms with Gasteiger partial charge in [0.25, 0.3) is 0 Å². The molecule has 0 aromatic carbocycles. The molecule has 0 bridgehead atoms. The van der Waals surface area contributed by atoms with Crippen LogP contribution in [0.2, 0.25) is 0 Å². The van der Waals surface area contributed by atoms with Crippen LogP contribution in [0.4, 0.5) is 0 Å². The topological polar surface area (TPSA) is 38.7 Å². The minimum absolute atomic E-state index is 0.0988. The summed E-state index contributed by atoms with van der Waals surface area (Å²) in [6.45, 7) is 2.21. The molecule has 0 fully saturated rings. The fourth-order valence-electron chi connectivity index (χ4n) is 1.11. The van der Waals surface area contributed by atoms with Crippen molar-refractivity contribution in [2.45, 2.75) is 32.3 Å². The Labute approximate surface area is 80.4 Å². The van der Waals surface area contributed by atoms with Crippen molar-refractivity contribution in [2.75, 3.05) is 20.8 Å². The summed E-state index contributed by atoms with van der Waals surface area (Å²) in [5.74, 6) is 0.972. The number of aliphatic hydroxyl groups is 1. The van der Waals surface area contributed by atoms with Gasteiger partial charge in [0.1, 0.15) is 0 Å². The Kier molecular flexibility index (Phi) is 7.74. The first kappa shape index (κ1) is 12.5. The van der Waals surface area contributed by atoms with E-state index in [9.17, 15) is 0 Å². The van der Waals surface area contributed by atoms with Crippen LogP contribution >= 0.6 is 0 Å². The molecule has 3 nitrogen and oxygen atoms in total. The second kappa shape index (κ2) is 8.08. The molecule has 0 radical (unpaired) electrons. The number of hydrogen-bond acceptors (Lipinski definition) is 3. The predicted molar refractivity (Wildman–Crippen MR) is 52.5 cm³/mol. The Morgan fingerprint density at radius 3 is 2.54 bits per heavy atom. The summed E-state index contributed by atoms with van der Waals surface area (Å²) in [5, 5.41) is 8.72. The minimum atomic E-state index is 0.0988. The van der Waals surface area contributed by atoms with Gasteiger partial charge in [-0.05, 0) is 18.9 Å². The standard InChI is InChI=1S/C10H20O3/c1-4-9(12-2)5-6-10(13-3)7-8-11/h5,10-11H,4,6-8H2,1-3H3/b9-5+/t10-/m1/s1. The number of ether oxygens (including phenoxy) is 2. The number of allylic oxidation sites excluding steroid dienone is 1. The molecule has 0 unspecified atom stereocenters. The molecule has 0 saturated heterocycles. The van der Waals surface area contributed by atoms with E-state index in [4.69, 9.17) is 14.6 Å². The zero-order valence-corrected chi connectivity index (χ0v) is 8.75. The molecule has 0 aromatic heterocycles. The van der Waals surface area contributed by atoms with E-state index < -0.39 is 0 Å². The van der Waals surface area contributed by atoms with Crippen LogP contribution in [-0.2, 0) is 9.47 Å². The first-order chi connectivity index (χ1) is 6.28. The highest BCUT2D eigenvalue weighted by molar-refractivity contribution is 4.93. The average molecular weight is 188 g/mol. The number of methoxy groups -OCH3 is 2. The second-order valence-electron chi connectivity index (χ2n) is 2.83. The molecule has 0 spiro atoms. The molecular formula is C10H20O3.